The number of benzene rings is 1. The molecule has 0 spiro atoms. The van der Waals surface area contributed by atoms with E-state index in [2.05, 4.69) is 36.4 Å². The summed E-state index contributed by atoms with van der Waals surface area (Å²) >= 11 is 9.24. The second kappa shape index (κ2) is 4.94. The normalized spacial score (nSPS) is 14.4. The summed E-state index contributed by atoms with van der Waals surface area (Å²) in [5.41, 5.74) is 0.593. The number of carbonyl (C=O) groups excluding carboxylic acids is 1. The highest BCUT2D eigenvalue weighted by Crippen LogP contribution is 2.37. The third-order valence-corrected chi connectivity index (χ3v) is 3.77. The number of H-pyrrole nitrogens is 1. The molecule has 1 amide bonds. The van der Waals surface area contributed by atoms with Gasteiger partial charge in [0.2, 0.25) is 5.82 Å². The van der Waals surface area contributed by atoms with Crippen molar-refractivity contribution in [3.8, 4) is 0 Å². The molecular weight excluding hydrogens is 332 g/mol. The molecule has 0 saturated heterocycles. The first kappa shape index (κ1) is 12.6. The van der Waals surface area contributed by atoms with Crippen LogP contribution in [0, 0.1) is 0 Å². The van der Waals surface area contributed by atoms with E-state index in [1.54, 1.807) is 18.2 Å². The third-order valence-electron chi connectivity index (χ3n) is 2.85. The fraction of sp³-hybridized carbons (Fsp3) is 0.250. The molecule has 0 bridgehead atoms. The van der Waals surface area contributed by atoms with Gasteiger partial charge in [0.1, 0.15) is 5.82 Å². The number of aromatic amines is 1. The number of hydrogen-bond donors (Lipinski definition) is 2. The standard InChI is InChI=1S/C12H10BrClN4O/c13-8-4-3-7(14)5-9(8)15-12(19)11-16-10(17-18-11)6-1-2-6/h3-6H,1-2H2,(H,15,19)(H,16,17,18). The predicted molar refractivity (Wildman–Crippen MR) is 75.5 cm³/mol. The van der Waals surface area contributed by atoms with Crippen LogP contribution in [0.4, 0.5) is 5.69 Å². The third kappa shape index (κ3) is 2.79. The average molecular weight is 342 g/mol. The first-order valence-electron chi connectivity index (χ1n) is 5.82. The van der Waals surface area contributed by atoms with Crippen LogP contribution >= 0.6 is 27.5 Å². The van der Waals surface area contributed by atoms with Crippen molar-refractivity contribution in [2.24, 2.45) is 0 Å². The molecule has 1 aliphatic rings. The van der Waals surface area contributed by atoms with Crippen LogP contribution in [0.5, 0.6) is 0 Å². The number of amides is 1. The van der Waals surface area contributed by atoms with Gasteiger partial charge in [-0.3, -0.25) is 9.89 Å². The van der Waals surface area contributed by atoms with Gasteiger partial charge in [0.05, 0.1) is 5.69 Å². The van der Waals surface area contributed by atoms with Crippen LogP contribution in [0.2, 0.25) is 5.02 Å². The smallest absolute Gasteiger partial charge is 0.295 e. The minimum Gasteiger partial charge on any atom is -0.318 e. The maximum Gasteiger partial charge on any atom is 0.295 e. The summed E-state index contributed by atoms with van der Waals surface area (Å²) in [6, 6.07) is 5.17. The van der Waals surface area contributed by atoms with E-state index in [1.165, 1.54) is 0 Å². The van der Waals surface area contributed by atoms with Gasteiger partial charge in [0.15, 0.2) is 0 Å². The van der Waals surface area contributed by atoms with Crippen LogP contribution < -0.4 is 5.32 Å². The van der Waals surface area contributed by atoms with E-state index in [0.29, 0.717) is 16.6 Å². The molecule has 0 aliphatic heterocycles. The Hall–Kier alpha value is -1.40. The average Bonchev–Trinajstić information content (AvgIpc) is 3.11. The molecule has 0 atom stereocenters. The Labute approximate surface area is 122 Å². The Morgan fingerprint density at radius 3 is 3.00 bits per heavy atom. The van der Waals surface area contributed by atoms with Crippen molar-refractivity contribution in [3.63, 3.8) is 0 Å². The van der Waals surface area contributed by atoms with E-state index >= 15 is 0 Å². The number of aromatic nitrogens is 3. The van der Waals surface area contributed by atoms with Crippen molar-refractivity contribution >= 4 is 39.1 Å². The number of nitrogens with zero attached hydrogens (tertiary/aromatic N) is 2. The van der Waals surface area contributed by atoms with E-state index in [1.807, 2.05) is 0 Å². The zero-order chi connectivity index (χ0) is 13.4. The number of nitrogens with one attached hydrogen (secondary N) is 2. The molecule has 98 valence electrons. The Bertz CT molecular complexity index is 638. The summed E-state index contributed by atoms with van der Waals surface area (Å²) in [4.78, 5) is 16.2. The summed E-state index contributed by atoms with van der Waals surface area (Å²) in [5, 5.41) is 10.0. The lowest BCUT2D eigenvalue weighted by atomic mass is 10.3. The van der Waals surface area contributed by atoms with Crippen molar-refractivity contribution in [1.82, 2.24) is 15.2 Å². The van der Waals surface area contributed by atoms with Gasteiger partial charge in [-0.2, -0.15) is 0 Å². The van der Waals surface area contributed by atoms with Crippen LogP contribution in [0.3, 0.4) is 0 Å². The lowest BCUT2D eigenvalue weighted by molar-refractivity contribution is 0.101. The zero-order valence-corrected chi connectivity index (χ0v) is 12.1. The second-order valence-corrected chi connectivity index (χ2v) is 5.69. The van der Waals surface area contributed by atoms with Gasteiger partial charge >= 0.3 is 0 Å². The number of anilines is 1. The number of rotatable bonds is 3. The van der Waals surface area contributed by atoms with Crippen LogP contribution in [0.25, 0.3) is 0 Å². The minimum atomic E-state index is -0.355. The number of carbonyl (C=O) groups is 1. The summed E-state index contributed by atoms with van der Waals surface area (Å²) in [6.07, 6.45) is 2.21. The van der Waals surface area contributed by atoms with Crippen molar-refractivity contribution in [3.05, 3.63) is 39.3 Å². The van der Waals surface area contributed by atoms with Gasteiger partial charge in [0, 0.05) is 15.4 Å². The molecule has 2 aromatic rings. The van der Waals surface area contributed by atoms with E-state index < -0.39 is 0 Å². The molecule has 0 unspecified atom stereocenters. The fourth-order valence-corrected chi connectivity index (χ4v) is 2.20. The maximum absolute atomic E-state index is 12.0. The molecule has 1 heterocycles. The highest BCUT2D eigenvalue weighted by Gasteiger charge is 2.28. The summed E-state index contributed by atoms with van der Waals surface area (Å²) in [5.74, 6) is 1.02. The van der Waals surface area contributed by atoms with Crippen molar-refractivity contribution in [2.75, 3.05) is 5.32 Å². The molecule has 1 saturated carbocycles. The van der Waals surface area contributed by atoms with Gasteiger partial charge in [-0.1, -0.05) is 11.6 Å². The molecule has 7 heteroatoms. The fourth-order valence-electron chi connectivity index (χ4n) is 1.69. The van der Waals surface area contributed by atoms with Crippen LogP contribution in [-0.4, -0.2) is 21.1 Å². The van der Waals surface area contributed by atoms with E-state index in [-0.39, 0.29) is 11.7 Å². The predicted octanol–water partition coefficient (Wildman–Crippen LogP) is 3.35. The molecule has 1 aromatic heterocycles. The molecule has 1 aromatic carbocycles. The lowest BCUT2D eigenvalue weighted by Gasteiger charge is -2.05. The van der Waals surface area contributed by atoms with Crippen molar-refractivity contribution in [1.29, 1.82) is 0 Å². The van der Waals surface area contributed by atoms with Crippen LogP contribution in [0.1, 0.15) is 35.2 Å². The van der Waals surface area contributed by atoms with Crippen molar-refractivity contribution < 1.29 is 4.79 Å². The minimum absolute atomic E-state index is 0.147. The van der Waals surface area contributed by atoms with Crippen LogP contribution in [0.15, 0.2) is 22.7 Å². The topological polar surface area (TPSA) is 70.7 Å². The van der Waals surface area contributed by atoms with E-state index in [0.717, 1.165) is 23.1 Å². The summed E-state index contributed by atoms with van der Waals surface area (Å²) in [7, 11) is 0. The first-order valence-corrected chi connectivity index (χ1v) is 6.99. The molecule has 2 N–H and O–H groups in total. The Morgan fingerprint density at radius 1 is 1.47 bits per heavy atom. The summed E-state index contributed by atoms with van der Waals surface area (Å²) < 4.78 is 0.753. The molecule has 19 heavy (non-hydrogen) atoms. The van der Waals surface area contributed by atoms with Gasteiger partial charge in [-0.25, -0.2) is 4.98 Å². The first-order chi connectivity index (χ1) is 9.13. The maximum atomic E-state index is 12.0. The molecule has 1 fully saturated rings. The SMILES string of the molecule is O=C(Nc1cc(Cl)ccc1Br)c1n[nH]c(C2CC2)n1. The van der Waals surface area contributed by atoms with Gasteiger partial charge in [-0.15, -0.1) is 5.10 Å². The highest BCUT2D eigenvalue weighted by molar-refractivity contribution is 9.10. The van der Waals surface area contributed by atoms with Crippen molar-refractivity contribution in [2.45, 2.75) is 18.8 Å². The molecule has 1 aliphatic carbocycles. The molecular formula is C12H10BrClN4O. The van der Waals surface area contributed by atoms with Gasteiger partial charge in [-0.05, 0) is 47.0 Å². The van der Waals surface area contributed by atoms with E-state index in [9.17, 15) is 4.79 Å². The number of halogens is 2. The van der Waals surface area contributed by atoms with Crippen LogP contribution in [-0.2, 0) is 0 Å². The molecule has 0 radical (unpaired) electrons. The Morgan fingerprint density at radius 2 is 2.26 bits per heavy atom. The van der Waals surface area contributed by atoms with E-state index in [4.69, 9.17) is 11.6 Å². The highest BCUT2D eigenvalue weighted by atomic mass is 79.9. The van der Waals surface area contributed by atoms with Gasteiger partial charge in [0.25, 0.3) is 5.91 Å². The van der Waals surface area contributed by atoms with Gasteiger partial charge < -0.3 is 5.32 Å². The monoisotopic (exact) mass is 340 g/mol. The number of hydrogen-bond acceptors (Lipinski definition) is 3. The quantitative estimate of drug-likeness (QED) is 0.899. The lowest BCUT2D eigenvalue weighted by Crippen LogP contribution is -2.14. The Kier molecular flexibility index (Phi) is 3.28. The molecule has 3 rings (SSSR count). The summed E-state index contributed by atoms with van der Waals surface area (Å²) in [6.45, 7) is 0. The zero-order valence-electron chi connectivity index (χ0n) is 9.78. The largest absolute Gasteiger partial charge is 0.318 e. The second-order valence-electron chi connectivity index (χ2n) is 4.40. The Balaban J connectivity index is 1.77. The molecule has 5 nitrogen and oxygen atoms in total.